The highest BCUT2D eigenvalue weighted by atomic mass is 16.6. The summed E-state index contributed by atoms with van der Waals surface area (Å²) >= 11 is 0. The second-order valence-electron chi connectivity index (χ2n) is 23.1. The van der Waals surface area contributed by atoms with Crippen molar-refractivity contribution in [2.24, 2.45) is 35.5 Å². The van der Waals surface area contributed by atoms with Crippen molar-refractivity contribution in [3.05, 3.63) is 238 Å². The lowest BCUT2D eigenvalue weighted by Gasteiger charge is -2.33. The number of aryl methyl sites for hydroxylation is 2. The lowest BCUT2D eigenvalue weighted by atomic mass is 9.69. The molecule has 2 aliphatic heterocycles. The molecule has 2 fully saturated rings. The first-order valence-corrected chi connectivity index (χ1v) is 31.1. The molecular weight excluding hydrogens is 1180 g/mol. The maximum Gasteiger partial charge on any atom is 0.318 e. The molecule has 2 heterocycles. The molecule has 0 aliphatic carbocycles. The number of ether oxygens (including phenoxy) is 5. The van der Waals surface area contributed by atoms with E-state index >= 15 is 0 Å². The van der Waals surface area contributed by atoms with E-state index < -0.39 is 65.4 Å². The lowest BCUT2D eigenvalue weighted by molar-refractivity contribution is -0.160. The summed E-state index contributed by atoms with van der Waals surface area (Å²) < 4.78 is 26.4. The van der Waals surface area contributed by atoms with Crippen LogP contribution < -0.4 is 9.47 Å². The van der Waals surface area contributed by atoms with Gasteiger partial charge in [0, 0.05) is 22.3 Å². The van der Waals surface area contributed by atoms with Crippen LogP contribution in [0.4, 0.5) is 0 Å². The van der Waals surface area contributed by atoms with Gasteiger partial charge in [-0.05, 0) is 116 Å². The molecule has 17 nitrogen and oxygen atoms in total. The minimum Gasteiger partial charge on any atom is -0.491 e. The Labute approximate surface area is 541 Å². The molecule has 9 rings (SSSR count). The summed E-state index contributed by atoms with van der Waals surface area (Å²) in [7, 11) is 0. The van der Waals surface area contributed by atoms with Gasteiger partial charge in [0.25, 0.3) is 0 Å². The number of ketones is 4. The molecule has 17 heteroatoms. The van der Waals surface area contributed by atoms with E-state index in [4.69, 9.17) is 28.8 Å². The number of benzene rings is 7. The first kappa shape index (κ1) is 70.5. The van der Waals surface area contributed by atoms with Crippen molar-refractivity contribution < 1.29 is 81.8 Å². The first-order valence-electron chi connectivity index (χ1n) is 31.1. The molecule has 0 radical (unpaired) electrons. The molecule has 0 aromatic heterocycles. The fourth-order valence-corrected chi connectivity index (χ4v) is 11.7. The maximum atomic E-state index is 14.1. The zero-order valence-electron chi connectivity index (χ0n) is 53.0. The molecule has 9 atom stereocenters. The number of esters is 5. The Morgan fingerprint density at radius 1 is 0.452 bits per heavy atom. The molecule has 0 saturated carbocycles. The third-order valence-electron chi connectivity index (χ3n) is 16.9. The Morgan fingerprint density at radius 2 is 0.817 bits per heavy atom. The largest absolute Gasteiger partial charge is 0.491 e. The van der Waals surface area contributed by atoms with E-state index in [1.165, 1.54) is 0 Å². The Morgan fingerprint density at radius 3 is 1.17 bits per heavy atom. The number of rotatable bonds is 28. The number of aliphatic hydroxyl groups is 1. The highest BCUT2D eigenvalue weighted by Gasteiger charge is 2.50. The van der Waals surface area contributed by atoms with Crippen molar-refractivity contribution in [2.75, 3.05) is 26.4 Å². The lowest BCUT2D eigenvalue weighted by Crippen LogP contribution is -2.38. The van der Waals surface area contributed by atoms with Gasteiger partial charge in [0.15, 0.2) is 23.1 Å². The molecule has 7 aromatic rings. The fourth-order valence-electron chi connectivity index (χ4n) is 11.7. The number of aliphatic hydroxyl groups excluding tert-OH is 1. The smallest absolute Gasteiger partial charge is 0.318 e. The van der Waals surface area contributed by atoms with Gasteiger partial charge in [0.2, 0.25) is 0 Å². The maximum absolute atomic E-state index is 14.1. The molecule has 2 aliphatic rings. The van der Waals surface area contributed by atoms with Gasteiger partial charge in [-0.25, -0.2) is 0 Å². The molecule has 9 unspecified atom stereocenters. The van der Waals surface area contributed by atoms with Crippen LogP contribution in [0.15, 0.2) is 188 Å². The summed E-state index contributed by atoms with van der Waals surface area (Å²) in [6.07, 6.45) is 0.689. The van der Waals surface area contributed by atoms with Crippen molar-refractivity contribution in [3.63, 3.8) is 0 Å². The number of carbonyl (C=O) groups excluding carboxylic acids is 9. The molecule has 2 N–H and O–H groups in total. The van der Waals surface area contributed by atoms with Crippen LogP contribution in [-0.2, 0) is 43.0 Å². The van der Waals surface area contributed by atoms with Gasteiger partial charge in [-0.3, -0.25) is 47.9 Å². The van der Waals surface area contributed by atoms with Gasteiger partial charge >= 0.3 is 35.8 Å². The van der Waals surface area contributed by atoms with Crippen molar-refractivity contribution in [1.29, 1.82) is 0 Å². The average Bonchev–Trinajstić information content (AvgIpc) is 1.78. The number of aliphatic carboxylic acids is 1. The Hall–Kier alpha value is -10.0. The van der Waals surface area contributed by atoms with Gasteiger partial charge < -0.3 is 33.9 Å². The van der Waals surface area contributed by atoms with Gasteiger partial charge in [0.1, 0.15) is 31.3 Å². The molecule has 0 bridgehead atoms. The van der Waals surface area contributed by atoms with Crippen LogP contribution in [0.3, 0.4) is 0 Å². The van der Waals surface area contributed by atoms with Crippen LogP contribution in [0, 0.1) is 49.4 Å². The number of cyclic esters (lactones) is 4. The summed E-state index contributed by atoms with van der Waals surface area (Å²) in [5, 5.41) is 19.4. The number of carbonyl (C=O) groups is 10. The van der Waals surface area contributed by atoms with Crippen LogP contribution in [-0.4, -0.2) is 95.6 Å². The highest BCUT2D eigenvalue weighted by Crippen LogP contribution is 2.45. The van der Waals surface area contributed by atoms with Gasteiger partial charge in [-0.15, -0.1) is 0 Å². The Balaban J connectivity index is 0.000000253. The Kier molecular flexibility index (Phi) is 26.1. The van der Waals surface area contributed by atoms with Crippen LogP contribution >= 0.6 is 0 Å². The fraction of sp³-hybridized carbons (Fsp3) is 0.316. The van der Waals surface area contributed by atoms with E-state index in [0.717, 1.165) is 28.7 Å². The minimum absolute atomic E-state index is 0.0578. The van der Waals surface area contributed by atoms with E-state index in [1.54, 1.807) is 117 Å². The molecule has 7 aromatic carbocycles. The number of hydrogen-bond donors (Lipinski definition) is 2. The topological polar surface area (TPSA) is 257 Å². The first-order chi connectivity index (χ1) is 44.7. The summed E-state index contributed by atoms with van der Waals surface area (Å²) in [6, 6.07) is 54.9. The molecule has 2 saturated heterocycles. The van der Waals surface area contributed by atoms with Crippen molar-refractivity contribution in [1.82, 2.24) is 0 Å². The van der Waals surface area contributed by atoms with Gasteiger partial charge in [-0.1, -0.05) is 178 Å². The molecular formula is C76H78O17. The van der Waals surface area contributed by atoms with Gasteiger partial charge in [0.05, 0.1) is 55.0 Å². The summed E-state index contributed by atoms with van der Waals surface area (Å²) in [4.78, 5) is 125. The molecule has 93 heavy (non-hydrogen) atoms. The molecule has 0 amide bonds. The van der Waals surface area contributed by atoms with Crippen LogP contribution in [0.1, 0.15) is 147 Å². The second kappa shape index (κ2) is 34.4. The second-order valence-corrected chi connectivity index (χ2v) is 23.1. The summed E-state index contributed by atoms with van der Waals surface area (Å²) in [6.45, 7) is 11.0. The van der Waals surface area contributed by atoms with Crippen LogP contribution in [0.5, 0.6) is 11.5 Å². The number of hydrogen-bond acceptors (Lipinski definition) is 16. The van der Waals surface area contributed by atoms with Crippen LogP contribution in [0.2, 0.25) is 0 Å². The van der Waals surface area contributed by atoms with E-state index in [-0.39, 0.29) is 92.5 Å². The summed E-state index contributed by atoms with van der Waals surface area (Å²) in [5.41, 5.74) is 6.43. The number of Topliss-reactive ketones (excluding diaryl/α,β-unsaturated/α-hetero) is 4. The number of carboxylic acids is 1. The van der Waals surface area contributed by atoms with Gasteiger partial charge in [-0.2, -0.15) is 0 Å². The van der Waals surface area contributed by atoms with Crippen molar-refractivity contribution >= 4 is 58.9 Å². The van der Waals surface area contributed by atoms with E-state index in [2.05, 4.69) is 0 Å². The van der Waals surface area contributed by atoms with E-state index in [9.17, 15) is 53.1 Å². The predicted molar refractivity (Wildman–Crippen MR) is 346 cm³/mol. The molecule has 484 valence electrons. The third-order valence-corrected chi connectivity index (χ3v) is 16.9. The zero-order valence-corrected chi connectivity index (χ0v) is 53.0. The quantitative estimate of drug-likeness (QED) is 0.0152. The third kappa shape index (κ3) is 19.3. The highest BCUT2D eigenvalue weighted by molar-refractivity contribution is 6.14. The predicted octanol–water partition coefficient (Wildman–Crippen LogP) is 12.7. The van der Waals surface area contributed by atoms with Crippen molar-refractivity contribution in [2.45, 2.75) is 91.4 Å². The van der Waals surface area contributed by atoms with E-state index in [1.807, 2.05) is 113 Å². The van der Waals surface area contributed by atoms with Crippen molar-refractivity contribution in [3.8, 4) is 11.5 Å². The standard InChI is InChI=1S/C44H44O10.C18H18O4.C14H16O3/c1-4-34(29-11-7-5-8-12-29)40(36(41(47)48)25-35(30-13-9-6-10-14-30)39-28(3)42(49)54-44(39)51)43(50)53-24-23-52-33-21-19-32(20-22-33)38(46)26-37(45)31-17-15-27(2)16-18-31;1-13-2-4-14(5-3-13)17(20)12-18(21)15-6-8-16(9-7-15)22-11-10-19;1-3-11(10-7-5-4-6-8-10)12-9(2)13(15)17-14(12)16/h5-22,28,34-36,39-40H,4,23-26H2,1-3H3,(H,47,48);2-9,19H,10-12H2,1H3;4-9,11-12H,3H2,1-2H3. The summed E-state index contributed by atoms with van der Waals surface area (Å²) in [5.74, 6) is -10.2. The normalized spacial score (nSPS) is 17.3. The molecule has 0 spiro atoms. The number of carboxylic acid groups (broad SMARTS) is 1. The Bertz CT molecular complexity index is 3680. The monoisotopic (exact) mass is 1260 g/mol. The minimum atomic E-state index is -1.30. The zero-order chi connectivity index (χ0) is 67.1. The SMILES string of the molecule is CCC(c1ccccc1)C(C(=O)OCCOc1ccc(C(=O)CC(=O)c2ccc(C)cc2)cc1)C(CC(c1ccccc1)C1C(=O)OC(=O)C1C)C(=O)O.CCC(c1ccccc1)C1C(=O)OC(=O)C1C.Cc1ccc(C(=O)CC(=O)c2ccc(OCCO)cc2)cc1. The average molecular weight is 1260 g/mol. The van der Waals surface area contributed by atoms with Crippen LogP contribution in [0.25, 0.3) is 0 Å². The van der Waals surface area contributed by atoms with E-state index in [0.29, 0.717) is 45.7 Å².